The summed E-state index contributed by atoms with van der Waals surface area (Å²) in [6.45, 7) is 4.20. The van der Waals surface area contributed by atoms with Gasteiger partial charge in [0.05, 0.1) is 27.7 Å². The van der Waals surface area contributed by atoms with Gasteiger partial charge in [0.25, 0.3) is 0 Å². The molecule has 0 aliphatic heterocycles. The van der Waals surface area contributed by atoms with E-state index in [0.29, 0.717) is 17.4 Å². The Kier molecular flexibility index (Phi) is 19.5. The number of nitrogens with zero attached hydrogens (tertiary/aromatic N) is 1. The van der Waals surface area contributed by atoms with Crippen LogP contribution in [-0.2, 0) is 32.7 Å². The summed E-state index contributed by atoms with van der Waals surface area (Å²) in [6.07, 6.45) is 10.8. The summed E-state index contributed by atoms with van der Waals surface area (Å²) in [5.41, 5.74) is 0. The third-order valence-electron chi connectivity index (χ3n) is 5.39. The number of likely N-dealkylation sites (N-methyl/N-ethyl adjacent to an activating group) is 1. The summed E-state index contributed by atoms with van der Waals surface area (Å²) in [5, 5.41) is 0. The minimum Gasteiger partial charge on any atom is -0.462 e. The van der Waals surface area contributed by atoms with Crippen molar-refractivity contribution in [3.8, 4) is 0 Å². The number of ether oxygens (including phenoxy) is 2. The van der Waals surface area contributed by atoms with Gasteiger partial charge in [-0.25, -0.2) is 4.57 Å². The number of phosphoric ester groups is 1. The van der Waals surface area contributed by atoms with E-state index in [1.807, 2.05) is 21.1 Å². The van der Waals surface area contributed by atoms with E-state index in [1.54, 1.807) is 0 Å². The van der Waals surface area contributed by atoms with E-state index in [4.69, 9.17) is 18.5 Å². The number of esters is 2. The van der Waals surface area contributed by atoms with Crippen LogP contribution in [0.3, 0.4) is 0 Å². The van der Waals surface area contributed by atoms with Gasteiger partial charge in [-0.2, -0.15) is 0 Å². The van der Waals surface area contributed by atoms with Gasteiger partial charge in [0, 0.05) is 12.8 Å². The van der Waals surface area contributed by atoms with Crippen molar-refractivity contribution in [1.29, 1.82) is 0 Å². The molecule has 2 atom stereocenters. The van der Waals surface area contributed by atoms with Crippen molar-refractivity contribution < 1.29 is 42.1 Å². The van der Waals surface area contributed by atoms with Crippen LogP contribution in [0.1, 0.15) is 97.3 Å². The first kappa shape index (κ1) is 34.0. The molecule has 0 heterocycles. The number of phosphoric acid groups is 1. The average Bonchev–Trinajstić information content (AvgIpc) is 2.76. The first-order valence-corrected chi connectivity index (χ1v) is 14.8. The first-order chi connectivity index (χ1) is 16.5. The Balaban J connectivity index is 4.60. The molecule has 0 aromatic rings. The van der Waals surface area contributed by atoms with E-state index in [9.17, 15) is 19.0 Å². The van der Waals surface area contributed by atoms with Crippen molar-refractivity contribution >= 4 is 19.8 Å². The molecular formula is C25H51NO8P+. The molecule has 0 fully saturated rings. The predicted molar refractivity (Wildman–Crippen MR) is 137 cm³/mol. The van der Waals surface area contributed by atoms with Crippen molar-refractivity contribution in [1.82, 2.24) is 0 Å². The Bertz CT molecular complexity index is 609. The largest absolute Gasteiger partial charge is 0.472 e. The quantitative estimate of drug-likeness (QED) is 0.0820. The lowest BCUT2D eigenvalue weighted by molar-refractivity contribution is -0.870. The maximum absolute atomic E-state index is 12.3. The van der Waals surface area contributed by atoms with Gasteiger partial charge in [0.1, 0.15) is 19.8 Å². The monoisotopic (exact) mass is 524 g/mol. The minimum atomic E-state index is -4.33. The van der Waals surface area contributed by atoms with Crippen LogP contribution in [0.2, 0.25) is 0 Å². The fourth-order valence-electron chi connectivity index (χ4n) is 3.19. The van der Waals surface area contributed by atoms with Crippen LogP contribution in [0.25, 0.3) is 0 Å². The zero-order valence-electron chi connectivity index (χ0n) is 22.8. The molecule has 0 saturated heterocycles. The zero-order valence-corrected chi connectivity index (χ0v) is 23.7. The molecule has 9 nitrogen and oxygen atoms in total. The Hall–Kier alpha value is -0.990. The van der Waals surface area contributed by atoms with Crippen molar-refractivity contribution in [3.05, 3.63) is 0 Å². The van der Waals surface area contributed by atoms with Crippen molar-refractivity contribution in [2.24, 2.45) is 0 Å². The van der Waals surface area contributed by atoms with Gasteiger partial charge in [-0.1, -0.05) is 71.6 Å². The standard InChI is InChI=1S/C25H50NO8P/c1-6-8-10-12-14-15-17-24(27)31-21-23(34-25(28)18-16-13-11-9-7-2)22-33-35(29,30)32-20-19-26(3,4)5/h23H,6-22H2,1-5H3/p+1/t23-/m0/s1. The van der Waals surface area contributed by atoms with Crippen LogP contribution in [0.4, 0.5) is 0 Å². The smallest absolute Gasteiger partial charge is 0.462 e. The second-order valence-corrected chi connectivity index (χ2v) is 11.5. The molecule has 0 aliphatic carbocycles. The van der Waals surface area contributed by atoms with Gasteiger partial charge in [0.2, 0.25) is 0 Å². The van der Waals surface area contributed by atoms with Crippen LogP contribution >= 0.6 is 7.82 Å². The maximum Gasteiger partial charge on any atom is 0.472 e. The fourth-order valence-corrected chi connectivity index (χ4v) is 3.93. The molecule has 1 N–H and O–H groups in total. The summed E-state index contributed by atoms with van der Waals surface area (Å²) in [5.74, 6) is -0.826. The van der Waals surface area contributed by atoms with E-state index < -0.39 is 26.5 Å². The summed E-state index contributed by atoms with van der Waals surface area (Å²) in [6, 6.07) is 0. The van der Waals surface area contributed by atoms with E-state index in [1.165, 1.54) is 12.8 Å². The third kappa shape index (κ3) is 23.2. The maximum atomic E-state index is 12.3. The topological polar surface area (TPSA) is 108 Å². The molecule has 0 aromatic carbocycles. The molecule has 1 unspecified atom stereocenters. The second kappa shape index (κ2) is 20.1. The van der Waals surface area contributed by atoms with E-state index in [2.05, 4.69) is 13.8 Å². The number of carbonyl (C=O) groups excluding carboxylic acids is 2. The van der Waals surface area contributed by atoms with Gasteiger partial charge >= 0.3 is 19.8 Å². The highest BCUT2D eigenvalue weighted by Crippen LogP contribution is 2.43. The minimum absolute atomic E-state index is 0.0345. The zero-order chi connectivity index (χ0) is 26.6. The lowest BCUT2D eigenvalue weighted by Crippen LogP contribution is -2.37. The van der Waals surface area contributed by atoms with Gasteiger partial charge in [0.15, 0.2) is 6.10 Å². The summed E-state index contributed by atoms with van der Waals surface area (Å²) in [7, 11) is 1.47. The van der Waals surface area contributed by atoms with Crippen LogP contribution in [0, 0.1) is 0 Å². The third-order valence-corrected chi connectivity index (χ3v) is 6.37. The molecule has 0 radical (unpaired) electrons. The Morgan fingerprint density at radius 2 is 1.29 bits per heavy atom. The van der Waals surface area contributed by atoms with Crippen LogP contribution in [0.15, 0.2) is 0 Å². The molecule has 0 amide bonds. The predicted octanol–water partition coefficient (Wildman–Crippen LogP) is 5.39. The molecule has 0 spiro atoms. The SMILES string of the molecule is CCCCCCCCC(=O)OC[C@@H](COP(=O)(O)OCC[N+](C)(C)C)OC(=O)CCCCCCC. The van der Waals surface area contributed by atoms with Crippen LogP contribution < -0.4 is 0 Å². The number of hydrogen-bond acceptors (Lipinski definition) is 7. The lowest BCUT2D eigenvalue weighted by atomic mass is 10.1. The lowest BCUT2D eigenvalue weighted by Gasteiger charge is -2.24. The molecule has 0 rings (SSSR count). The van der Waals surface area contributed by atoms with Crippen molar-refractivity contribution in [2.75, 3.05) is 47.5 Å². The summed E-state index contributed by atoms with van der Waals surface area (Å²) in [4.78, 5) is 34.3. The molecule has 35 heavy (non-hydrogen) atoms. The Morgan fingerprint density at radius 3 is 1.83 bits per heavy atom. The summed E-state index contributed by atoms with van der Waals surface area (Å²) < 4.78 is 33.5. The molecule has 0 bridgehead atoms. The number of quaternary nitrogens is 1. The molecular weight excluding hydrogens is 473 g/mol. The number of rotatable bonds is 23. The van der Waals surface area contributed by atoms with Crippen molar-refractivity contribution in [2.45, 2.75) is 103 Å². The average molecular weight is 525 g/mol. The Morgan fingerprint density at radius 1 is 0.771 bits per heavy atom. The molecule has 208 valence electrons. The second-order valence-electron chi connectivity index (χ2n) is 10.1. The van der Waals surface area contributed by atoms with Gasteiger partial charge < -0.3 is 18.9 Å². The van der Waals surface area contributed by atoms with E-state index in [0.717, 1.165) is 51.4 Å². The van der Waals surface area contributed by atoms with E-state index in [-0.39, 0.29) is 32.0 Å². The highest BCUT2D eigenvalue weighted by Gasteiger charge is 2.27. The number of carbonyl (C=O) groups is 2. The highest BCUT2D eigenvalue weighted by atomic mass is 31.2. The summed E-state index contributed by atoms with van der Waals surface area (Å²) >= 11 is 0. The first-order valence-electron chi connectivity index (χ1n) is 13.3. The number of unbranched alkanes of at least 4 members (excludes halogenated alkanes) is 9. The normalized spacial score (nSPS) is 14.3. The Labute approximate surface area is 213 Å². The molecule has 0 aliphatic rings. The fraction of sp³-hybridized carbons (Fsp3) is 0.920. The van der Waals surface area contributed by atoms with Gasteiger partial charge in [-0.3, -0.25) is 18.6 Å². The van der Waals surface area contributed by atoms with Gasteiger partial charge in [-0.05, 0) is 12.8 Å². The highest BCUT2D eigenvalue weighted by molar-refractivity contribution is 7.47. The van der Waals surface area contributed by atoms with Crippen LogP contribution in [0.5, 0.6) is 0 Å². The molecule has 0 aromatic heterocycles. The van der Waals surface area contributed by atoms with Crippen molar-refractivity contribution in [3.63, 3.8) is 0 Å². The van der Waals surface area contributed by atoms with Crippen LogP contribution in [-0.4, -0.2) is 74.9 Å². The number of hydrogen-bond donors (Lipinski definition) is 1. The van der Waals surface area contributed by atoms with E-state index >= 15 is 0 Å². The molecule has 0 saturated carbocycles. The molecule has 10 heteroatoms. The van der Waals surface area contributed by atoms with Gasteiger partial charge in [-0.15, -0.1) is 0 Å².